The number of benzene rings is 1. The number of methoxy groups -OCH3 is 1. The van der Waals surface area contributed by atoms with E-state index in [-0.39, 0.29) is 18.4 Å². The summed E-state index contributed by atoms with van der Waals surface area (Å²) < 4.78 is 5.11. The van der Waals surface area contributed by atoms with Gasteiger partial charge in [-0.3, -0.25) is 14.5 Å². The van der Waals surface area contributed by atoms with E-state index in [2.05, 4.69) is 10.6 Å². The molecule has 1 heterocycles. The highest BCUT2D eigenvalue weighted by molar-refractivity contribution is 6.10. The molecule has 134 valence electrons. The minimum absolute atomic E-state index is 0.0733. The summed E-state index contributed by atoms with van der Waals surface area (Å²) in [6.07, 6.45) is 3.49. The van der Waals surface area contributed by atoms with E-state index in [9.17, 15) is 14.4 Å². The Hall–Kier alpha value is -2.57. The highest BCUT2D eigenvalue weighted by Gasteiger charge is 2.55. The van der Waals surface area contributed by atoms with Gasteiger partial charge in [-0.15, -0.1) is 0 Å². The Balaban J connectivity index is 1.68. The molecule has 2 atom stereocenters. The molecule has 7 heteroatoms. The van der Waals surface area contributed by atoms with Gasteiger partial charge in [-0.25, -0.2) is 4.79 Å². The fourth-order valence-electron chi connectivity index (χ4n) is 3.68. The summed E-state index contributed by atoms with van der Waals surface area (Å²) in [5.74, 6) is -0.0188. The first-order valence-corrected chi connectivity index (χ1v) is 8.54. The van der Waals surface area contributed by atoms with Crippen LogP contribution in [0.2, 0.25) is 0 Å². The van der Waals surface area contributed by atoms with Crippen LogP contribution < -0.4 is 15.4 Å². The number of carbonyl (C=O) groups excluding carboxylic acids is 3. The fourth-order valence-corrected chi connectivity index (χ4v) is 3.68. The molecule has 0 bridgehead atoms. The Labute approximate surface area is 146 Å². The second-order valence-electron chi connectivity index (χ2n) is 6.72. The van der Waals surface area contributed by atoms with Gasteiger partial charge in [-0.1, -0.05) is 25.8 Å². The average Bonchev–Trinajstić information content (AvgIpc) is 2.83. The predicted octanol–water partition coefficient (Wildman–Crippen LogP) is 2.13. The van der Waals surface area contributed by atoms with E-state index >= 15 is 0 Å². The van der Waals surface area contributed by atoms with Gasteiger partial charge in [0.1, 0.15) is 17.8 Å². The Morgan fingerprint density at radius 1 is 1.40 bits per heavy atom. The molecule has 7 nitrogen and oxygen atoms in total. The molecular formula is C18H23N3O4. The van der Waals surface area contributed by atoms with Crippen molar-refractivity contribution in [2.24, 2.45) is 5.92 Å². The molecule has 0 radical (unpaired) electrons. The molecule has 1 aliphatic heterocycles. The highest BCUT2D eigenvalue weighted by atomic mass is 16.5. The topological polar surface area (TPSA) is 87.7 Å². The molecule has 2 aliphatic rings. The lowest BCUT2D eigenvalue weighted by molar-refractivity contribution is -0.136. The van der Waals surface area contributed by atoms with E-state index in [1.807, 2.05) is 6.92 Å². The second kappa shape index (κ2) is 6.74. The van der Waals surface area contributed by atoms with Crippen LogP contribution in [0.25, 0.3) is 0 Å². The quantitative estimate of drug-likeness (QED) is 0.819. The summed E-state index contributed by atoms with van der Waals surface area (Å²) >= 11 is 0. The van der Waals surface area contributed by atoms with E-state index in [1.54, 1.807) is 31.4 Å². The molecule has 1 aromatic carbocycles. The van der Waals surface area contributed by atoms with Crippen molar-refractivity contribution in [2.75, 3.05) is 19.0 Å². The van der Waals surface area contributed by atoms with Crippen molar-refractivity contribution in [1.82, 2.24) is 10.2 Å². The number of rotatable bonds is 4. The van der Waals surface area contributed by atoms with E-state index in [0.29, 0.717) is 17.9 Å². The number of imide groups is 1. The van der Waals surface area contributed by atoms with E-state index < -0.39 is 17.5 Å². The minimum Gasteiger partial charge on any atom is -0.497 e. The summed E-state index contributed by atoms with van der Waals surface area (Å²) in [6, 6.07) is 6.42. The van der Waals surface area contributed by atoms with Gasteiger partial charge in [-0.2, -0.15) is 0 Å². The molecular weight excluding hydrogens is 322 g/mol. The Kier molecular flexibility index (Phi) is 4.65. The number of amides is 4. The fraction of sp³-hybridized carbons (Fsp3) is 0.500. The van der Waals surface area contributed by atoms with Gasteiger partial charge in [0.15, 0.2) is 0 Å². The largest absolute Gasteiger partial charge is 0.497 e. The molecule has 2 fully saturated rings. The molecule has 2 unspecified atom stereocenters. The maximum Gasteiger partial charge on any atom is 0.325 e. The van der Waals surface area contributed by atoms with Gasteiger partial charge in [0, 0.05) is 11.8 Å². The van der Waals surface area contributed by atoms with Crippen molar-refractivity contribution in [3.05, 3.63) is 24.3 Å². The standard InChI is InChI=1S/C18H23N3O4/c1-12-6-3-4-9-18(12)16(23)21(17(24)20-18)11-15(22)19-13-7-5-8-14(10-13)25-2/h5,7-8,10,12H,3-4,6,9,11H2,1-2H3,(H,19,22)(H,20,24). The van der Waals surface area contributed by atoms with Crippen molar-refractivity contribution >= 4 is 23.5 Å². The molecule has 1 aromatic rings. The zero-order valence-electron chi connectivity index (χ0n) is 14.5. The molecule has 1 saturated carbocycles. The SMILES string of the molecule is COc1cccc(NC(=O)CN2C(=O)NC3(CCCCC3C)C2=O)c1. The summed E-state index contributed by atoms with van der Waals surface area (Å²) in [4.78, 5) is 38.4. The van der Waals surface area contributed by atoms with Gasteiger partial charge >= 0.3 is 6.03 Å². The smallest absolute Gasteiger partial charge is 0.325 e. The van der Waals surface area contributed by atoms with E-state index in [4.69, 9.17) is 4.74 Å². The van der Waals surface area contributed by atoms with E-state index in [1.165, 1.54) is 0 Å². The number of nitrogens with zero attached hydrogens (tertiary/aromatic N) is 1. The number of hydrogen-bond donors (Lipinski definition) is 2. The first-order chi connectivity index (χ1) is 12.0. The number of nitrogens with one attached hydrogen (secondary N) is 2. The summed E-state index contributed by atoms with van der Waals surface area (Å²) in [5, 5.41) is 5.54. The third-order valence-corrected chi connectivity index (χ3v) is 5.16. The van der Waals surface area contributed by atoms with Crippen LogP contribution in [0.4, 0.5) is 10.5 Å². The van der Waals surface area contributed by atoms with Gasteiger partial charge in [0.05, 0.1) is 7.11 Å². The van der Waals surface area contributed by atoms with Crippen LogP contribution in [-0.2, 0) is 9.59 Å². The minimum atomic E-state index is -0.842. The first kappa shape index (κ1) is 17.3. The third kappa shape index (κ3) is 3.18. The summed E-state index contributed by atoms with van der Waals surface area (Å²) in [6.45, 7) is 1.69. The number of hydrogen-bond acceptors (Lipinski definition) is 4. The molecule has 25 heavy (non-hydrogen) atoms. The maximum absolute atomic E-state index is 12.8. The van der Waals surface area contributed by atoms with Gasteiger partial charge < -0.3 is 15.4 Å². The van der Waals surface area contributed by atoms with Crippen molar-refractivity contribution < 1.29 is 19.1 Å². The van der Waals surface area contributed by atoms with Crippen LogP contribution in [0.1, 0.15) is 32.6 Å². The number of carbonyl (C=O) groups is 3. The number of anilines is 1. The van der Waals surface area contributed by atoms with E-state index in [0.717, 1.165) is 24.2 Å². The predicted molar refractivity (Wildman–Crippen MR) is 92.2 cm³/mol. The summed E-state index contributed by atoms with van der Waals surface area (Å²) in [5.41, 5.74) is -0.289. The lowest BCUT2D eigenvalue weighted by atomic mass is 9.73. The zero-order valence-corrected chi connectivity index (χ0v) is 14.5. The second-order valence-corrected chi connectivity index (χ2v) is 6.72. The van der Waals surface area contributed by atoms with Crippen LogP contribution in [0.15, 0.2) is 24.3 Å². The average molecular weight is 345 g/mol. The molecule has 4 amide bonds. The van der Waals surface area contributed by atoms with Gasteiger partial charge in [0.2, 0.25) is 5.91 Å². The Morgan fingerprint density at radius 2 is 2.20 bits per heavy atom. The summed E-state index contributed by atoms with van der Waals surface area (Å²) in [7, 11) is 1.54. The van der Waals surface area contributed by atoms with Crippen LogP contribution in [0.5, 0.6) is 5.75 Å². The first-order valence-electron chi connectivity index (χ1n) is 8.54. The third-order valence-electron chi connectivity index (χ3n) is 5.16. The monoisotopic (exact) mass is 345 g/mol. The number of urea groups is 1. The zero-order chi connectivity index (χ0) is 18.0. The maximum atomic E-state index is 12.8. The Bertz CT molecular complexity index is 705. The molecule has 2 N–H and O–H groups in total. The van der Waals surface area contributed by atoms with Crippen LogP contribution in [-0.4, -0.2) is 41.9 Å². The lowest BCUT2D eigenvalue weighted by Crippen LogP contribution is -2.54. The van der Waals surface area contributed by atoms with Crippen LogP contribution >= 0.6 is 0 Å². The van der Waals surface area contributed by atoms with Gasteiger partial charge in [0.25, 0.3) is 5.91 Å². The normalized spacial score (nSPS) is 25.8. The van der Waals surface area contributed by atoms with Crippen molar-refractivity contribution in [1.29, 1.82) is 0 Å². The van der Waals surface area contributed by atoms with Crippen molar-refractivity contribution in [3.8, 4) is 5.75 Å². The van der Waals surface area contributed by atoms with Gasteiger partial charge in [-0.05, 0) is 30.9 Å². The van der Waals surface area contributed by atoms with Crippen molar-refractivity contribution in [3.63, 3.8) is 0 Å². The number of ether oxygens (including phenoxy) is 1. The molecule has 0 aromatic heterocycles. The van der Waals surface area contributed by atoms with Crippen LogP contribution in [0.3, 0.4) is 0 Å². The Morgan fingerprint density at radius 3 is 2.92 bits per heavy atom. The molecule has 1 saturated heterocycles. The molecule has 3 rings (SSSR count). The lowest BCUT2D eigenvalue weighted by Gasteiger charge is -2.36. The van der Waals surface area contributed by atoms with Crippen molar-refractivity contribution in [2.45, 2.75) is 38.1 Å². The highest BCUT2D eigenvalue weighted by Crippen LogP contribution is 2.38. The molecule has 1 aliphatic carbocycles. The molecule has 1 spiro atoms. The van der Waals surface area contributed by atoms with Crippen LogP contribution in [0, 0.1) is 5.92 Å².